The van der Waals surface area contributed by atoms with Crippen molar-refractivity contribution in [2.45, 2.75) is 58.2 Å². The van der Waals surface area contributed by atoms with Gasteiger partial charge in [0, 0.05) is 31.3 Å². The molecule has 2 atom stereocenters. The van der Waals surface area contributed by atoms with Crippen LogP contribution < -0.4 is 10.6 Å². The maximum Gasteiger partial charge on any atom is 0.419 e. The number of carbonyl (C=O) groups is 4. The molecular formula is C28H32FN3O6. The summed E-state index contributed by atoms with van der Waals surface area (Å²) in [5.74, 6) is -2.42. The van der Waals surface area contributed by atoms with E-state index in [1.807, 2.05) is 0 Å². The predicted molar refractivity (Wildman–Crippen MR) is 139 cm³/mol. The fourth-order valence-electron chi connectivity index (χ4n) is 4.04. The highest BCUT2D eigenvalue weighted by Gasteiger charge is 2.29. The number of nitrogens with one attached hydrogen (secondary N) is 2. The highest BCUT2D eigenvalue weighted by molar-refractivity contribution is 5.94. The molecule has 2 N–H and O–H groups in total. The molecule has 0 spiro atoms. The molecule has 38 heavy (non-hydrogen) atoms. The van der Waals surface area contributed by atoms with Crippen LogP contribution in [0.1, 0.15) is 38.8 Å². The van der Waals surface area contributed by atoms with E-state index in [-0.39, 0.29) is 18.4 Å². The van der Waals surface area contributed by atoms with Gasteiger partial charge in [0.2, 0.25) is 11.8 Å². The van der Waals surface area contributed by atoms with E-state index in [1.54, 1.807) is 57.3 Å². The van der Waals surface area contributed by atoms with Crippen LogP contribution in [0.5, 0.6) is 0 Å². The zero-order valence-electron chi connectivity index (χ0n) is 22.0. The molecule has 0 aliphatic heterocycles. The quantitative estimate of drug-likeness (QED) is 0.435. The first-order chi connectivity index (χ1) is 17.9. The van der Waals surface area contributed by atoms with E-state index < -0.39 is 47.4 Å². The Labute approximate surface area is 220 Å². The smallest absolute Gasteiger partial charge is 0.419 e. The lowest BCUT2D eigenvalue weighted by Crippen LogP contribution is -2.53. The number of esters is 1. The minimum atomic E-state index is -1.15. The molecule has 0 radical (unpaired) electrons. The molecule has 0 bridgehead atoms. The van der Waals surface area contributed by atoms with Crippen molar-refractivity contribution < 1.29 is 33.0 Å². The van der Waals surface area contributed by atoms with Crippen LogP contribution in [-0.2, 0) is 36.7 Å². The van der Waals surface area contributed by atoms with Gasteiger partial charge in [-0.3, -0.25) is 14.2 Å². The van der Waals surface area contributed by atoms with Crippen LogP contribution in [-0.4, -0.2) is 53.2 Å². The van der Waals surface area contributed by atoms with Crippen molar-refractivity contribution in [2.75, 3.05) is 7.11 Å². The average molecular weight is 526 g/mol. The van der Waals surface area contributed by atoms with E-state index in [0.29, 0.717) is 16.5 Å². The van der Waals surface area contributed by atoms with Gasteiger partial charge >= 0.3 is 12.1 Å². The van der Waals surface area contributed by atoms with Gasteiger partial charge in [-0.1, -0.05) is 36.4 Å². The molecule has 3 aromatic rings. The maximum absolute atomic E-state index is 14.2. The Balaban J connectivity index is 1.90. The molecule has 3 rings (SSSR count). The van der Waals surface area contributed by atoms with Gasteiger partial charge in [-0.15, -0.1) is 0 Å². The van der Waals surface area contributed by atoms with E-state index in [2.05, 4.69) is 10.6 Å². The molecule has 0 saturated heterocycles. The van der Waals surface area contributed by atoms with Crippen LogP contribution in [0.4, 0.5) is 9.18 Å². The lowest BCUT2D eigenvalue weighted by molar-refractivity contribution is -0.145. The SMILES string of the molecule is COC(=O)[C@H](Cc1cn(C(=O)OC(C)(C)C)c2ccccc12)NC(=O)[C@H](Cc1ccccc1F)NC(C)=O. The first kappa shape index (κ1) is 28.4. The summed E-state index contributed by atoms with van der Waals surface area (Å²) in [6.45, 7) is 6.51. The second-order valence-corrected chi connectivity index (χ2v) is 9.86. The number of fused-ring (bicyclic) bond motifs is 1. The maximum atomic E-state index is 14.2. The molecule has 0 saturated carbocycles. The summed E-state index contributed by atoms with van der Waals surface area (Å²) in [4.78, 5) is 50.5. The van der Waals surface area contributed by atoms with Gasteiger partial charge in [0.25, 0.3) is 0 Å². The van der Waals surface area contributed by atoms with Gasteiger partial charge in [0.15, 0.2) is 0 Å². The van der Waals surface area contributed by atoms with E-state index in [4.69, 9.17) is 9.47 Å². The summed E-state index contributed by atoms with van der Waals surface area (Å²) >= 11 is 0. The van der Waals surface area contributed by atoms with Crippen LogP contribution in [0.25, 0.3) is 10.9 Å². The monoisotopic (exact) mass is 525 g/mol. The number of halogens is 1. The third-order valence-corrected chi connectivity index (χ3v) is 5.69. The Kier molecular flexibility index (Phi) is 8.88. The van der Waals surface area contributed by atoms with Crippen LogP contribution in [0.2, 0.25) is 0 Å². The summed E-state index contributed by atoms with van der Waals surface area (Å²) in [6.07, 6.45) is 0.839. The Morgan fingerprint density at radius 2 is 1.55 bits per heavy atom. The van der Waals surface area contributed by atoms with Crippen LogP contribution in [0, 0.1) is 5.82 Å². The molecule has 202 valence electrons. The van der Waals surface area contributed by atoms with Crippen molar-refractivity contribution in [1.29, 1.82) is 0 Å². The molecule has 2 amide bonds. The van der Waals surface area contributed by atoms with Gasteiger partial charge in [0.1, 0.15) is 23.5 Å². The highest BCUT2D eigenvalue weighted by atomic mass is 19.1. The van der Waals surface area contributed by atoms with Crippen LogP contribution >= 0.6 is 0 Å². The number of amides is 2. The Hall–Kier alpha value is -4.21. The number of hydrogen-bond donors (Lipinski definition) is 2. The van der Waals surface area contributed by atoms with Gasteiger partial charge in [-0.05, 0) is 44.0 Å². The number of rotatable bonds is 8. The third-order valence-electron chi connectivity index (χ3n) is 5.69. The van der Waals surface area contributed by atoms with Crippen LogP contribution in [0.3, 0.4) is 0 Å². The molecule has 0 unspecified atom stereocenters. The number of carbonyl (C=O) groups excluding carboxylic acids is 4. The Bertz CT molecular complexity index is 1340. The number of nitrogens with zero attached hydrogens (tertiary/aromatic N) is 1. The number of ether oxygens (including phenoxy) is 2. The standard InChI is InChI=1S/C28H32FN3O6/c1-17(33)30-22(14-18-10-6-8-12-21(18)29)25(34)31-23(26(35)37-5)15-19-16-32(27(36)38-28(2,3)4)24-13-9-7-11-20(19)24/h6-13,16,22-23H,14-15H2,1-5H3,(H,30,33)(H,31,34)/t22-,23-/m0/s1. The number of hydrogen-bond acceptors (Lipinski definition) is 6. The summed E-state index contributed by atoms with van der Waals surface area (Å²) in [6, 6.07) is 10.7. The van der Waals surface area contributed by atoms with E-state index >= 15 is 0 Å². The first-order valence-electron chi connectivity index (χ1n) is 12.1. The molecule has 9 nitrogen and oxygen atoms in total. The average Bonchev–Trinajstić information content (AvgIpc) is 3.21. The minimum Gasteiger partial charge on any atom is -0.467 e. The summed E-state index contributed by atoms with van der Waals surface area (Å²) in [7, 11) is 1.19. The van der Waals surface area contributed by atoms with Crippen LogP contribution in [0.15, 0.2) is 54.7 Å². The van der Waals surface area contributed by atoms with Crippen molar-refractivity contribution >= 4 is 34.8 Å². The van der Waals surface area contributed by atoms with Crippen molar-refractivity contribution in [3.05, 3.63) is 71.7 Å². The van der Waals surface area contributed by atoms with Crippen molar-refractivity contribution in [2.24, 2.45) is 0 Å². The van der Waals surface area contributed by atoms with E-state index in [1.165, 1.54) is 36.8 Å². The van der Waals surface area contributed by atoms with Crippen molar-refractivity contribution in [3.63, 3.8) is 0 Å². The number of benzene rings is 2. The van der Waals surface area contributed by atoms with E-state index in [0.717, 1.165) is 0 Å². The topological polar surface area (TPSA) is 116 Å². The van der Waals surface area contributed by atoms with Crippen molar-refractivity contribution in [3.8, 4) is 0 Å². The lowest BCUT2D eigenvalue weighted by atomic mass is 10.0. The predicted octanol–water partition coefficient (Wildman–Crippen LogP) is 3.51. The summed E-state index contributed by atoms with van der Waals surface area (Å²) in [5.41, 5.74) is 0.674. The molecular weight excluding hydrogens is 493 g/mol. The molecule has 2 aromatic carbocycles. The summed E-state index contributed by atoms with van der Waals surface area (Å²) in [5, 5.41) is 5.83. The van der Waals surface area contributed by atoms with Crippen molar-refractivity contribution in [1.82, 2.24) is 15.2 Å². The first-order valence-corrected chi connectivity index (χ1v) is 12.1. The molecule has 10 heteroatoms. The summed E-state index contributed by atoms with van der Waals surface area (Å²) < 4.78 is 26.0. The molecule has 0 fully saturated rings. The fourth-order valence-corrected chi connectivity index (χ4v) is 4.04. The second kappa shape index (κ2) is 11.9. The number of methoxy groups -OCH3 is 1. The zero-order chi connectivity index (χ0) is 28.0. The Morgan fingerprint density at radius 3 is 2.18 bits per heavy atom. The largest absolute Gasteiger partial charge is 0.467 e. The minimum absolute atomic E-state index is 0.0127. The Morgan fingerprint density at radius 1 is 0.921 bits per heavy atom. The molecule has 0 aliphatic rings. The van der Waals surface area contributed by atoms with Gasteiger partial charge in [-0.2, -0.15) is 0 Å². The second-order valence-electron chi connectivity index (χ2n) is 9.86. The van der Waals surface area contributed by atoms with Gasteiger partial charge in [0.05, 0.1) is 12.6 Å². The molecule has 0 aliphatic carbocycles. The van der Waals surface area contributed by atoms with E-state index in [9.17, 15) is 23.6 Å². The number of aromatic nitrogens is 1. The highest BCUT2D eigenvalue weighted by Crippen LogP contribution is 2.24. The van der Waals surface area contributed by atoms with Gasteiger partial charge in [-0.25, -0.2) is 14.0 Å². The third kappa shape index (κ3) is 7.18. The number of para-hydroxylation sites is 1. The molecule has 1 heterocycles. The normalized spacial score (nSPS) is 12.9. The van der Waals surface area contributed by atoms with Gasteiger partial charge < -0.3 is 20.1 Å². The zero-order valence-corrected chi connectivity index (χ0v) is 22.0. The lowest BCUT2D eigenvalue weighted by Gasteiger charge is -2.22. The molecule has 1 aromatic heterocycles. The fraction of sp³-hybridized carbons (Fsp3) is 0.357.